The molecule has 3 N–H and O–H groups in total. The molecule has 128 valence electrons. The lowest BCUT2D eigenvalue weighted by Crippen LogP contribution is -2.24. The van der Waals surface area contributed by atoms with Gasteiger partial charge in [-0.3, -0.25) is 9.67 Å². The first-order valence-corrected chi connectivity index (χ1v) is 8.71. The maximum Gasteiger partial charge on any atom is 0.193 e. The summed E-state index contributed by atoms with van der Waals surface area (Å²) in [6.45, 7) is 7.81. The molecule has 1 heterocycles. The van der Waals surface area contributed by atoms with E-state index in [1.165, 1.54) is 36.1 Å². The van der Waals surface area contributed by atoms with Crippen LogP contribution >= 0.6 is 0 Å². The summed E-state index contributed by atoms with van der Waals surface area (Å²) in [5.74, 6) is 0.858. The second-order valence-corrected chi connectivity index (χ2v) is 6.90. The molecule has 1 aliphatic rings. The molecule has 0 saturated heterocycles. The van der Waals surface area contributed by atoms with Crippen molar-refractivity contribution in [2.75, 3.05) is 11.9 Å². The molecule has 5 nitrogen and oxygen atoms in total. The zero-order valence-corrected chi connectivity index (χ0v) is 14.8. The van der Waals surface area contributed by atoms with Gasteiger partial charge in [-0.1, -0.05) is 13.0 Å². The summed E-state index contributed by atoms with van der Waals surface area (Å²) in [5, 5.41) is 7.71. The number of anilines is 1. The zero-order valence-electron chi connectivity index (χ0n) is 14.8. The Morgan fingerprint density at radius 2 is 2.08 bits per heavy atom. The van der Waals surface area contributed by atoms with Crippen molar-refractivity contribution in [1.29, 1.82) is 0 Å². The normalized spacial score (nSPS) is 15.4. The van der Waals surface area contributed by atoms with Gasteiger partial charge in [0.15, 0.2) is 5.96 Å². The fourth-order valence-corrected chi connectivity index (χ4v) is 3.30. The lowest BCUT2D eigenvalue weighted by atomic mass is 10.1. The molecule has 1 aliphatic carbocycles. The molecular formula is C19H27N5. The van der Waals surface area contributed by atoms with Gasteiger partial charge in [0, 0.05) is 24.5 Å². The van der Waals surface area contributed by atoms with Crippen molar-refractivity contribution in [1.82, 2.24) is 9.78 Å². The van der Waals surface area contributed by atoms with E-state index in [4.69, 9.17) is 5.73 Å². The van der Waals surface area contributed by atoms with Crippen molar-refractivity contribution in [3.05, 3.63) is 46.8 Å². The van der Waals surface area contributed by atoms with Crippen LogP contribution in [0, 0.1) is 19.8 Å². The summed E-state index contributed by atoms with van der Waals surface area (Å²) in [7, 11) is 0. The fourth-order valence-electron chi connectivity index (χ4n) is 3.30. The summed E-state index contributed by atoms with van der Waals surface area (Å²) in [6.07, 6.45) is 3.62. The Bertz CT molecular complexity index is 744. The summed E-state index contributed by atoms with van der Waals surface area (Å²) >= 11 is 0. The molecule has 1 aromatic heterocycles. The topological polar surface area (TPSA) is 68.2 Å². The molecule has 1 atom stereocenters. The van der Waals surface area contributed by atoms with Crippen LogP contribution in [-0.2, 0) is 19.4 Å². The maximum absolute atomic E-state index is 6.04. The molecule has 0 saturated carbocycles. The minimum atomic E-state index is 0.378. The summed E-state index contributed by atoms with van der Waals surface area (Å²) in [4.78, 5) is 4.49. The highest BCUT2D eigenvalue weighted by Crippen LogP contribution is 2.24. The van der Waals surface area contributed by atoms with Gasteiger partial charge in [0.2, 0.25) is 0 Å². The molecule has 5 heteroatoms. The number of aryl methyl sites for hydroxylation is 4. The van der Waals surface area contributed by atoms with E-state index in [-0.39, 0.29) is 0 Å². The zero-order chi connectivity index (χ0) is 17.1. The number of nitrogens with zero attached hydrogens (tertiary/aromatic N) is 3. The monoisotopic (exact) mass is 325 g/mol. The van der Waals surface area contributed by atoms with Crippen LogP contribution in [0.5, 0.6) is 0 Å². The van der Waals surface area contributed by atoms with E-state index >= 15 is 0 Å². The molecule has 1 aromatic carbocycles. The number of rotatable bonds is 5. The summed E-state index contributed by atoms with van der Waals surface area (Å²) in [6, 6.07) is 8.58. The highest BCUT2D eigenvalue weighted by Gasteiger charge is 2.11. The predicted octanol–water partition coefficient (Wildman–Crippen LogP) is 3.05. The molecule has 24 heavy (non-hydrogen) atoms. The highest BCUT2D eigenvalue weighted by atomic mass is 15.3. The van der Waals surface area contributed by atoms with Crippen LogP contribution in [0.4, 0.5) is 5.69 Å². The molecular weight excluding hydrogens is 298 g/mol. The standard InChI is InChI=1S/C19H27N5/c1-13(12-24-15(3)9-14(2)23-24)11-21-19(20)22-18-8-7-16-5-4-6-17(16)10-18/h7-10,13H,4-6,11-12H2,1-3H3,(H3,20,21,22). The SMILES string of the molecule is Cc1cc(C)n(CC(C)CN=C(N)Nc2ccc3c(c2)CCC3)n1. The van der Waals surface area contributed by atoms with Crippen LogP contribution in [0.2, 0.25) is 0 Å². The molecule has 2 aromatic rings. The maximum atomic E-state index is 6.04. The van der Waals surface area contributed by atoms with E-state index in [9.17, 15) is 0 Å². The fraction of sp³-hybridized carbons (Fsp3) is 0.474. The minimum Gasteiger partial charge on any atom is -0.370 e. The number of guanidine groups is 1. The number of benzene rings is 1. The third-order valence-corrected chi connectivity index (χ3v) is 4.53. The lowest BCUT2D eigenvalue weighted by molar-refractivity contribution is 0.450. The lowest BCUT2D eigenvalue weighted by Gasteiger charge is -2.12. The second-order valence-electron chi connectivity index (χ2n) is 6.90. The third kappa shape index (κ3) is 3.96. The Kier molecular flexibility index (Phi) is 4.88. The first-order chi connectivity index (χ1) is 11.5. The van der Waals surface area contributed by atoms with Crippen molar-refractivity contribution in [2.45, 2.75) is 46.6 Å². The van der Waals surface area contributed by atoms with Gasteiger partial charge in [-0.05, 0) is 68.4 Å². The van der Waals surface area contributed by atoms with Crippen LogP contribution in [0.25, 0.3) is 0 Å². The van der Waals surface area contributed by atoms with Crippen LogP contribution < -0.4 is 11.1 Å². The summed E-state index contributed by atoms with van der Waals surface area (Å²) < 4.78 is 2.04. The Hall–Kier alpha value is -2.30. The number of fused-ring (bicyclic) bond motifs is 1. The van der Waals surface area contributed by atoms with Crippen LogP contribution in [0.15, 0.2) is 29.3 Å². The first kappa shape index (κ1) is 16.6. The quantitative estimate of drug-likeness (QED) is 0.656. The Morgan fingerprint density at radius 3 is 2.83 bits per heavy atom. The van der Waals surface area contributed by atoms with Crippen molar-refractivity contribution in [3.63, 3.8) is 0 Å². The van der Waals surface area contributed by atoms with Crippen LogP contribution in [0.1, 0.15) is 35.9 Å². The average molecular weight is 325 g/mol. The molecule has 0 aliphatic heterocycles. The van der Waals surface area contributed by atoms with E-state index in [2.05, 4.69) is 53.5 Å². The second kappa shape index (κ2) is 7.07. The molecule has 0 amide bonds. The number of hydrogen-bond donors (Lipinski definition) is 2. The van der Waals surface area contributed by atoms with Gasteiger partial charge in [-0.25, -0.2) is 0 Å². The third-order valence-electron chi connectivity index (χ3n) is 4.53. The molecule has 0 spiro atoms. The van der Waals surface area contributed by atoms with Crippen molar-refractivity contribution in [2.24, 2.45) is 16.6 Å². The van der Waals surface area contributed by atoms with E-state index in [0.29, 0.717) is 18.4 Å². The van der Waals surface area contributed by atoms with E-state index in [1.54, 1.807) is 0 Å². The largest absolute Gasteiger partial charge is 0.370 e. The Morgan fingerprint density at radius 1 is 1.29 bits per heavy atom. The molecule has 1 unspecified atom stereocenters. The molecule has 3 rings (SSSR count). The van der Waals surface area contributed by atoms with Gasteiger partial charge in [0.1, 0.15) is 0 Å². The number of nitrogens with one attached hydrogen (secondary N) is 1. The van der Waals surface area contributed by atoms with E-state index in [0.717, 1.165) is 17.9 Å². The van der Waals surface area contributed by atoms with Crippen LogP contribution in [-0.4, -0.2) is 22.3 Å². The van der Waals surface area contributed by atoms with Gasteiger partial charge in [0.25, 0.3) is 0 Å². The predicted molar refractivity (Wildman–Crippen MR) is 99.4 cm³/mol. The average Bonchev–Trinajstić information content (AvgIpc) is 3.11. The summed E-state index contributed by atoms with van der Waals surface area (Å²) in [5.41, 5.74) is 12.2. The van der Waals surface area contributed by atoms with Gasteiger partial charge < -0.3 is 11.1 Å². The smallest absolute Gasteiger partial charge is 0.193 e. The van der Waals surface area contributed by atoms with Crippen molar-refractivity contribution >= 4 is 11.6 Å². The van der Waals surface area contributed by atoms with Crippen molar-refractivity contribution in [3.8, 4) is 0 Å². The first-order valence-electron chi connectivity index (χ1n) is 8.71. The van der Waals surface area contributed by atoms with E-state index < -0.39 is 0 Å². The molecule has 0 fully saturated rings. The Balaban J connectivity index is 1.55. The van der Waals surface area contributed by atoms with Crippen molar-refractivity contribution < 1.29 is 0 Å². The number of hydrogen-bond acceptors (Lipinski definition) is 2. The number of aromatic nitrogens is 2. The van der Waals surface area contributed by atoms with Gasteiger partial charge in [0.05, 0.1) is 5.69 Å². The molecule has 0 radical (unpaired) electrons. The van der Waals surface area contributed by atoms with Crippen LogP contribution in [0.3, 0.4) is 0 Å². The van der Waals surface area contributed by atoms with E-state index in [1.807, 2.05) is 11.6 Å². The Labute approximate surface area is 144 Å². The highest BCUT2D eigenvalue weighted by molar-refractivity contribution is 5.92. The molecule has 0 bridgehead atoms. The number of nitrogens with two attached hydrogens (primary N) is 1. The number of aliphatic imine (C=N–C) groups is 1. The minimum absolute atomic E-state index is 0.378. The van der Waals surface area contributed by atoms with Gasteiger partial charge in [-0.15, -0.1) is 0 Å². The van der Waals surface area contributed by atoms with Gasteiger partial charge >= 0.3 is 0 Å². The van der Waals surface area contributed by atoms with Gasteiger partial charge in [-0.2, -0.15) is 5.10 Å².